The Morgan fingerprint density at radius 3 is 2.60 bits per heavy atom. The maximum Gasteiger partial charge on any atom is 0.126 e. The van der Waals surface area contributed by atoms with E-state index in [1.807, 2.05) is 27.1 Å². The molecule has 0 unspecified atom stereocenters. The van der Waals surface area contributed by atoms with Crippen LogP contribution in [-0.2, 0) is 6.42 Å². The minimum Gasteiger partial charge on any atom is -0.309 e. The Hall–Kier alpha value is -0.410. The quantitative estimate of drug-likeness (QED) is 0.813. The lowest BCUT2D eigenvalue weighted by Gasteiger charge is -2.10. The summed E-state index contributed by atoms with van der Waals surface area (Å²) in [5.41, 5.74) is 1.75. The lowest BCUT2D eigenvalue weighted by molar-refractivity contribution is 0.399. The Morgan fingerprint density at radius 2 is 2.00 bits per heavy atom. The van der Waals surface area contributed by atoms with E-state index in [2.05, 4.69) is 20.8 Å². The lowest BCUT2D eigenvalue weighted by atomic mass is 10.1. The van der Waals surface area contributed by atoms with Crippen molar-refractivity contribution in [3.8, 4) is 0 Å². The molecule has 0 aliphatic heterocycles. The fourth-order valence-corrected chi connectivity index (χ4v) is 1.86. The number of nitrogens with zero attached hydrogens (tertiary/aromatic N) is 1. The van der Waals surface area contributed by atoms with Crippen LogP contribution in [0.1, 0.15) is 17.5 Å². The Balaban J connectivity index is 2.65. The van der Waals surface area contributed by atoms with Gasteiger partial charge in [-0.05, 0) is 63.7 Å². The largest absolute Gasteiger partial charge is 0.309 e. The Bertz CT molecular complexity index is 337. The minimum absolute atomic E-state index is 0.0885. The van der Waals surface area contributed by atoms with E-state index in [1.54, 1.807) is 6.07 Å². The summed E-state index contributed by atoms with van der Waals surface area (Å²) in [6.45, 7) is 2.89. The van der Waals surface area contributed by atoms with E-state index in [0.29, 0.717) is 0 Å². The highest BCUT2D eigenvalue weighted by Crippen LogP contribution is 2.21. The van der Waals surface area contributed by atoms with Gasteiger partial charge in [-0.2, -0.15) is 0 Å². The second-order valence-corrected chi connectivity index (χ2v) is 4.95. The normalized spacial score (nSPS) is 11.1. The van der Waals surface area contributed by atoms with E-state index in [4.69, 9.17) is 0 Å². The molecule has 0 aliphatic carbocycles. The standard InChI is InChI=1S/C12H17BrFN/c1-9-7-12(14)10(8-11(9)13)5-4-6-15(2)3/h7-8H,4-6H2,1-3H3. The van der Waals surface area contributed by atoms with E-state index in [1.165, 1.54) is 0 Å². The zero-order valence-electron chi connectivity index (χ0n) is 9.48. The van der Waals surface area contributed by atoms with Crippen molar-refractivity contribution < 1.29 is 4.39 Å². The minimum atomic E-state index is -0.0885. The van der Waals surface area contributed by atoms with Gasteiger partial charge in [-0.3, -0.25) is 0 Å². The summed E-state index contributed by atoms with van der Waals surface area (Å²) in [6.07, 6.45) is 1.78. The molecule has 0 N–H and O–H groups in total. The molecule has 3 heteroatoms. The molecule has 1 aromatic rings. The van der Waals surface area contributed by atoms with Crippen molar-refractivity contribution in [2.75, 3.05) is 20.6 Å². The van der Waals surface area contributed by atoms with Crippen molar-refractivity contribution in [1.29, 1.82) is 0 Å². The fourth-order valence-electron chi connectivity index (χ4n) is 1.46. The van der Waals surface area contributed by atoms with Crippen LogP contribution in [0.4, 0.5) is 4.39 Å². The molecular formula is C12H17BrFN. The van der Waals surface area contributed by atoms with Crippen molar-refractivity contribution in [2.45, 2.75) is 19.8 Å². The molecule has 0 heterocycles. The lowest BCUT2D eigenvalue weighted by Crippen LogP contribution is -2.13. The summed E-state index contributed by atoms with van der Waals surface area (Å²) in [5.74, 6) is -0.0885. The average Bonchev–Trinajstić information content (AvgIpc) is 2.13. The van der Waals surface area contributed by atoms with Crippen molar-refractivity contribution in [2.24, 2.45) is 0 Å². The van der Waals surface area contributed by atoms with Crippen LogP contribution in [0, 0.1) is 12.7 Å². The topological polar surface area (TPSA) is 3.24 Å². The number of aryl methyl sites for hydroxylation is 2. The second kappa shape index (κ2) is 5.61. The molecule has 0 fully saturated rings. The summed E-state index contributed by atoms with van der Waals surface area (Å²) < 4.78 is 14.5. The smallest absolute Gasteiger partial charge is 0.126 e. The molecular weight excluding hydrogens is 257 g/mol. The van der Waals surface area contributed by atoms with Gasteiger partial charge in [0.15, 0.2) is 0 Å². The van der Waals surface area contributed by atoms with Crippen LogP contribution in [0.5, 0.6) is 0 Å². The molecule has 1 rings (SSSR count). The summed E-state index contributed by atoms with van der Waals surface area (Å²) >= 11 is 3.42. The SMILES string of the molecule is Cc1cc(F)c(CCCN(C)C)cc1Br. The first-order valence-electron chi connectivity index (χ1n) is 5.10. The fraction of sp³-hybridized carbons (Fsp3) is 0.500. The van der Waals surface area contributed by atoms with Crippen LogP contribution in [-0.4, -0.2) is 25.5 Å². The van der Waals surface area contributed by atoms with Crippen molar-refractivity contribution in [1.82, 2.24) is 4.90 Å². The highest BCUT2D eigenvalue weighted by molar-refractivity contribution is 9.10. The molecule has 1 aromatic carbocycles. The average molecular weight is 274 g/mol. The molecule has 0 bridgehead atoms. The van der Waals surface area contributed by atoms with Gasteiger partial charge >= 0.3 is 0 Å². The monoisotopic (exact) mass is 273 g/mol. The van der Waals surface area contributed by atoms with E-state index in [9.17, 15) is 4.39 Å². The van der Waals surface area contributed by atoms with Crippen LogP contribution < -0.4 is 0 Å². The molecule has 0 amide bonds. The zero-order chi connectivity index (χ0) is 11.4. The van der Waals surface area contributed by atoms with E-state index < -0.39 is 0 Å². The van der Waals surface area contributed by atoms with Crippen molar-refractivity contribution >= 4 is 15.9 Å². The first-order valence-corrected chi connectivity index (χ1v) is 5.89. The maximum atomic E-state index is 13.5. The summed E-state index contributed by atoms with van der Waals surface area (Å²) in [4.78, 5) is 2.11. The van der Waals surface area contributed by atoms with Gasteiger partial charge in [0.1, 0.15) is 5.82 Å². The molecule has 0 saturated carbocycles. The van der Waals surface area contributed by atoms with Crippen molar-refractivity contribution in [3.05, 3.63) is 33.5 Å². The Labute approximate surface area is 99.4 Å². The predicted octanol–water partition coefficient (Wildman–Crippen LogP) is 3.39. The van der Waals surface area contributed by atoms with Gasteiger partial charge in [-0.1, -0.05) is 15.9 Å². The molecule has 1 nitrogen and oxygen atoms in total. The molecule has 15 heavy (non-hydrogen) atoms. The third-order valence-corrected chi connectivity index (χ3v) is 3.23. The summed E-state index contributed by atoms with van der Waals surface area (Å²) in [5, 5.41) is 0. The van der Waals surface area contributed by atoms with Gasteiger partial charge in [0.2, 0.25) is 0 Å². The third-order valence-electron chi connectivity index (χ3n) is 2.38. The molecule has 0 atom stereocenters. The molecule has 84 valence electrons. The van der Waals surface area contributed by atoms with E-state index in [-0.39, 0.29) is 5.82 Å². The number of benzene rings is 1. The molecule has 0 saturated heterocycles. The molecule has 0 aromatic heterocycles. The molecule has 0 aliphatic rings. The zero-order valence-corrected chi connectivity index (χ0v) is 11.1. The maximum absolute atomic E-state index is 13.5. The van der Waals surface area contributed by atoms with Crippen LogP contribution in [0.25, 0.3) is 0 Å². The highest BCUT2D eigenvalue weighted by Gasteiger charge is 2.05. The van der Waals surface area contributed by atoms with Gasteiger partial charge in [0.25, 0.3) is 0 Å². The van der Waals surface area contributed by atoms with Crippen LogP contribution in [0.3, 0.4) is 0 Å². The predicted molar refractivity (Wildman–Crippen MR) is 65.7 cm³/mol. The number of hydrogen-bond donors (Lipinski definition) is 0. The van der Waals surface area contributed by atoms with E-state index in [0.717, 1.165) is 35.0 Å². The van der Waals surface area contributed by atoms with Crippen LogP contribution in [0.2, 0.25) is 0 Å². The van der Waals surface area contributed by atoms with Crippen molar-refractivity contribution in [3.63, 3.8) is 0 Å². The Morgan fingerprint density at radius 1 is 1.33 bits per heavy atom. The third kappa shape index (κ3) is 3.92. The number of hydrogen-bond acceptors (Lipinski definition) is 1. The van der Waals surface area contributed by atoms with E-state index >= 15 is 0 Å². The summed E-state index contributed by atoms with van der Waals surface area (Å²) in [7, 11) is 4.06. The van der Waals surface area contributed by atoms with Gasteiger partial charge in [-0.15, -0.1) is 0 Å². The molecule has 0 radical (unpaired) electrons. The van der Waals surface area contributed by atoms with Gasteiger partial charge in [0, 0.05) is 4.47 Å². The Kier molecular flexibility index (Phi) is 4.74. The van der Waals surface area contributed by atoms with Gasteiger partial charge in [0.05, 0.1) is 0 Å². The van der Waals surface area contributed by atoms with Gasteiger partial charge < -0.3 is 4.90 Å². The van der Waals surface area contributed by atoms with Crippen LogP contribution >= 0.6 is 15.9 Å². The van der Waals surface area contributed by atoms with Gasteiger partial charge in [-0.25, -0.2) is 4.39 Å². The molecule has 0 spiro atoms. The number of halogens is 2. The first-order chi connectivity index (χ1) is 7.00. The summed E-state index contributed by atoms with van der Waals surface area (Å²) in [6, 6.07) is 3.48. The highest BCUT2D eigenvalue weighted by atomic mass is 79.9. The number of rotatable bonds is 4. The van der Waals surface area contributed by atoms with Crippen LogP contribution in [0.15, 0.2) is 16.6 Å². The first kappa shape index (κ1) is 12.7. The second-order valence-electron chi connectivity index (χ2n) is 4.10.